The number of carbonyl (C=O) groups is 1. The van der Waals surface area contributed by atoms with E-state index in [0.29, 0.717) is 33.1 Å². The van der Waals surface area contributed by atoms with E-state index in [0.717, 1.165) is 11.3 Å². The van der Waals surface area contributed by atoms with E-state index >= 15 is 0 Å². The fourth-order valence-electron chi connectivity index (χ4n) is 4.07. The van der Waals surface area contributed by atoms with Gasteiger partial charge >= 0.3 is 0 Å². The van der Waals surface area contributed by atoms with Crippen molar-refractivity contribution in [1.82, 2.24) is 24.1 Å². The van der Waals surface area contributed by atoms with E-state index in [1.165, 1.54) is 4.68 Å². The zero-order chi connectivity index (χ0) is 24.7. The van der Waals surface area contributed by atoms with Crippen molar-refractivity contribution in [1.29, 1.82) is 0 Å². The van der Waals surface area contributed by atoms with Gasteiger partial charge in [-0.2, -0.15) is 10.2 Å². The van der Waals surface area contributed by atoms with E-state index in [2.05, 4.69) is 10.4 Å². The van der Waals surface area contributed by atoms with Crippen molar-refractivity contribution in [2.24, 2.45) is 0 Å². The highest BCUT2D eigenvalue weighted by atomic mass is 35.5. The molecule has 0 saturated heterocycles. The number of carbonyl (C=O) groups excluding carboxylic acids is 1. The Bertz CT molecular complexity index is 1600. The van der Waals surface area contributed by atoms with Crippen LogP contribution in [0.5, 0.6) is 0 Å². The number of nitrogens with zero attached hydrogens (tertiary/aromatic N) is 5. The number of amides is 1. The third-order valence-electron chi connectivity index (χ3n) is 5.93. The van der Waals surface area contributed by atoms with Gasteiger partial charge in [0.15, 0.2) is 5.82 Å². The van der Waals surface area contributed by atoms with E-state index in [-0.39, 0.29) is 5.91 Å². The van der Waals surface area contributed by atoms with Crippen LogP contribution in [-0.2, 0) is 4.79 Å². The minimum atomic E-state index is -0.863. The van der Waals surface area contributed by atoms with Crippen LogP contribution in [0.3, 0.4) is 0 Å². The number of rotatable bonds is 5. The summed E-state index contributed by atoms with van der Waals surface area (Å²) in [4.78, 5) is 26.9. The Morgan fingerprint density at radius 1 is 1.00 bits per heavy atom. The van der Waals surface area contributed by atoms with Crippen LogP contribution in [0.25, 0.3) is 22.4 Å². The Kier molecular flexibility index (Phi) is 5.74. The molecule has 1 N–H and O–H groups in total. The van der Waals surface area contributed by atoms with Gasteiger partial charge in [-0.05, 0) is 68.8 Å². The Morgan fingerprint density at radius 3 is 2.40 bits per heavy atom. The molecule has 1 unspecified atom stereocenters. The summed E-state index contributed by atoms with van der Waals surface area (Å²) in [6.07, 6.45) is 3.71. The SMILES string of the molecule is Cc1cc(Cl)ccc1NC(=O)C(C)n1nc(C)c2nn(-c3ccccc3)c(-n3cccc3)c2c1=O. The lowest BCUT2D eigenvalue weighted by Crippen LogP contribution is -2.34. The summed E-state index contributed by atoms with van der Waals surface area (Å²) in [6.45, 7) is 5.29. The first-order valence-electron chi connectivity index (χ1n) is 11.1. The van der Waals surface area contributed by atoms with Gasteiger partial charge in [0.05, 0.1) is 11.4 Å². The Morgan fingerprint density at radius 2 is 1.71 bits per heavy atom. The average molecular weight is 487 g/mol. The molecule has 3 heterocycles. The van der Waals surface area contributed by atoms with E-state index in [1.807, 2.05) is 66.3 Å². The van der Waals surface area contributed by atoms with Gasteiger partial charge in [-0.1, -0.05) is 29.8 Å². The molecule has 2 aromatic carbocycles. The molecule has 0 bridgehead atoms. The van der Waals surface area contributed by atoms with Gasteiger partial charge in [0.2, 0.25) is 5.91 Å². The summed E-state index contributed by atoms with van der Waals surface area (Å²) in [5.41, 5.74) is 2.89. The van der Waals surface area contributed by atoms with Crippen LogP contribution in [0.15, 0.2) is 77.9 Å². The molecule has 3 aromatic heterocycles. The molecule has 0 fully saturated rings. The van der Waals surface area contributed by atoms with E-state index in [9.17, 15) is 9.59 Å². The van der Waals surface area contributed by atoms with Gasteiger partial charge < -0.3 is 9.88 Å². The van der Waals surface area contributed by atoms with Gasteiger partial charge in [0.1, 0.15) is 16.9 Å². The second kappa shape index (κ2) is 8.88. The zero-order valence-corrected chi connectivity index (χ0v) is 20.2. The molecule has 35 heavy (non-hydrogen) atoms. The third kappa shape index (κ3) is 4.02. The lowest BCUT2D eigenvalue weighted by molar-refractivity contribution is -0.119. The number of aryl methyl sites for hydroxylation is 2. The second-order valence-electron chi connectivity index (χ2n) is 8.34. The number of benzene rings is 2. The van der Waals surface area contributed by atoms with E-state index < -0.39 is 11.6 Å². The molecular formula is C26H23ClN6O2. The van der Waals surface area contributed by atoms with E-state index in [1.54, 1.807) is 36.7 Å². The summed E-state index contributed by atoms with van der Waals surface area (Å²) < 4.78 is 4.80. The summed E-state index contributed by atoms with van der Waals surface area (Å²) in [5, 5.41) is 13.1. The van der Waals surface area contributed by atoms with Crippen LogP contribution >= 0.6 is 11.6 Å². The van der Waals surface area contributed by atoms with Crippen molar-refractivity contribution < 1.29 is 4.79 Å². The van der Waals surface area contributed by atoms with Gasteiger partial charge in [0, 0.05) is 23.1 Å². The summed E-state index contributed by atoms with van der Waals surface area (Å²) in [5.74, 6) is 0.225. The molecule has 0 aliphatic carbocycles. The fraction of sp³-hybridized carbons (Fsp3) is 0.154. The normalized spacial score (nSPS) is 12.1. The lowest BCUT2D eigenvalue weighted by Gasteiger charge is -2.16. The first-order chi connectivity index (χ1) is 16.8. The minimum absolute atomic E-state index is 0.360. The molecule has 1 atom stereocenters. The molecule has 0 aliphatic rings. The largest absolute Gasteiger partial charge is 0.324 e. The highest BCUT2D eigenvalue weighted by Crippen LogP contribution is 2.25. The molecule has 176 valence electrons. The highest BCUT2D eigenvalue weighted by Gasteiger charge is 2.25. The Labute approximate surface area is 206 Å². The van der Waals surface area contributed by atoms with Crippen LogP contribution < -0.4 is 10.9 Å². The van der Waals surface area contributed by atoms with Gasteiger partial charge in [-0.25, -0.2) is 9.36 Å². The topological polar surface area (TPSA) is 86.7 Å². The molecule has 0 aliphatic heterocycles. The number of halogens is 1. The van der Waals surface area contributed by atoms with Crippen molar-refractivity contribution in [2.75, 3.05) is 5.32 Å². The molecule has 0 saturated carbocycles. The smallest absolute Gasteiger partial charge is 0.280 e. The predicted octanol–water partition coefficient (Wildman–Crippen LogP) is 4.84. The van der Waals surface area contributed by atoms with Crippen LogP contribution in [0.4, 0.5) is 5.69 Å². The zero-order valence-electron chi connectivity index (χ0n) is 19.4. The summed E-state index contributed by atoms with van der Waals surface area (Å²) in [6, 6.07) is 17.7. The third-order valence-corrected chi connectivity index (χ3v) is 6.16. The number of nitrogens with one attached hydrogen (secondary N) is 1. The van der Waals surface area contributed by atoms with Crippen LogP contribution in [-0.4, -0.2) is 30.0 Å². The first-order valence-corrected chi connectivity index (χ1v) is 11.5. The molecule has 5 aromatic rings. The van der Waals surface area contributed by atoms with Gasteiger partial charge in [-0.15, -0.1) is 0 Å². The lowest BCUT2D eigenvalue weighted by atomic mass is 10.2. The summed E-state index contributed by atoms with van der Waals surface area (Å²) >= 11 is 6.03. The van der Waals surface area contributed by atoms with E-state index in [4.69, 9.17) is 16.7 Å². The average Bonchev–Trinajstić information content (AvgIpc) is 3.51. The van der Waals surface area contributed by atoms with Crippen LogP contribution in [0, 0.1) is 13.8 Å². The first kappa shape index (κ1) is 22.6. The molecule has 1 amide bonds. The molecule has 0 radical (unpaired) electrons. The van der Waals surface area contributed by atoms with Crippen molar-refractivity contribution in [3.8, 4) is 11.5 Å². The maximum absolute atomic E-state index is 13.8. The highest BCUT2D eigenvalue weighted by molar-refractivity contribution is 6.30. The maximum Gasteiger partial charge on any atom is 0.280 e. The van der Waals surface area contributed by atoms with Crippen molar-refractivity contribution >= 4 is 34.1 Å². The number of aromatic nitrogens is 5. The standard InChI is InChI=1S/C26H23ClN6O2/c1-16-15-19(27)11-12-21(16)28-24(34)18(3)32-26(35)22-23(17(2)29-32)30-33(20-9-5-4-6-10-20)25(22)31-13-7-8-14-31/h4-15,18H,1-3H3,(H,28,34). The Hall–Kier alpha value is -4.17. The second-order valence-corrected chi connectivity index (χ2v) is 8.78. The fourth-order valence-corrected chi connectivity index (χ4v) is 4.30. The predicted molar refractivity (Wildman–Crippen MR) is 137 cm³/mol. The van der Waals surface area contributed by atoms with Gasteiger partial charge in [0.25, 0.3) is 5.56 Å². The number of anilines is 1. The van der Waals surface area contributed by atoms with Crippen LogP contribution in [0.1, 0.15) is 24.2 Å². The molecule has 0 spiro atoms. The quantitative estimate of drug-likeness (QED) is 0.385. The maximum atomic E-state index is 13.8. The van der Waals surface area contributed by atoms with Gasteiger partial charge in [-0.3, -0.25) is 9.59 Å². The summed E-state index contributed by atoms with van der Waals surface area (Å²) in [7, 11) is 0. The van der Waals surface area contributed by atoms with Crippen molar-refractivity contribution in [3.63, 3.8) is 0 Å². The number of para-hydroxylation sites is 1. The van der Waals surface area contributed by atoms with Crippen LogP contribution in [0.2, 0.25) is 5.02 Å². The molecule has 5 rings (SSSR count). The molecular weight excluding hydrogens is 464 g/mol. The monoisotopic (exact) mass is 486 g/mol. The molecule has 8 nitrogen and oxygen atoms in total. The number of fused-ring (bicyclic) bond motifs is 1. The Balaban J connectivity index is 1.65. The minimum Gasteiger partial charge on any atom is -0.324 e. The number of hydrogen-bond donors (Lipinski definition) is 1. The molecule has 9 heteroatoms. The van der Waals surface area contributed by atoms with Crippen molar-refractivity contribution in [3.05, 3.63) is 99.7 Å². The van der Waals surface area contributed by atoms with Crippen molar-refractivity contribution in [2.45, 2.75) is 26.8 Å². The number of hydrogen-bond acceptors (Lipinski definition) is 4.